The first-order chi connectivity index (χ1) is 15.8. The summed E-state index contributed by atoms with van der Waals surface area (Å²) in [4.78, 5) is 28.5. The number of carbonyl (C=O) groups is 1. The van der Waals surface area contributed by atoms with Crippen LogP contribution in [-0.4, -0.2) is 32.9 Å². The number of benzene rings is 2. The zero-order valence-corrected chi connectivity index (χ0v) is 20.2. The second-order valence-electron chi connectivity index (χ2n) is 8.01. The molecule has 176 valence electrons. The minimum atomic E-state index is -3.91. The fourth-order valence-corrected chi connectivity index (χ4v) is 5.04. The molecule has 0 aliphatic rings. The van der Waals surface area contributed by atoms with Crippen LogP contribution in [0.1, 0.15) is 55.5 Å². The maximum Gasteiger partial charge on any atom is 0.264 e. The number of sulfonamides is 1. The summed E-state index contributed by atoms with van der Waals surface area (Å²) in [7, 11) is -2.41. The molecule has 0 saturated carbocycles. The molecule has 2 N–H and O–H groups in total. The molecule has 8 heteroatoms. The normalized spacial score (nSPS) is 11.5. The van der Waals surface area contributed by atoms with Crippen LogP contribution in [0.4, 0.5) is 5.69 Å². The topological polar surface area (TPSA) is 99.3 Å². The van der Waals surface area contributed by atoms with Crippen LogP contribution in [0, 0.1) is 0 Å². The number of hydrogen-bond acceptors (Lipinski definition) is 4. The maximum absolute atomic E-state index is 13.3. The quantitative estimate of drug-likeness (QED) is 0.434. The number of aromatic amines is 1. The van der Waals surface area contributed by atoms with Crippen molar-refractivity contribution in [3.05, 3.63) is 70.0 Å². The Kier molecular flexibility index (Phi) is 7.92. The van der Waals surface area contributed by atoms with Gasteiger partial charge in [0.25, 0.3) is 15.9 Å². The molecule has 0 saturated heterocycles. The molecule has 0 fully saturated rings. The third kappa shape index (κ3) is 5.27. The Balaban J connectivity index is 1.93. The molecule has 1 amide bonds. The minimum absolute atomic E-state index is 0.00831. The van der Waals surface area contributed by atoms with E-state index >= 15 is 0 Å². The number of rotatable bonds is 10. The summed E-state index contributed by atoms with van der Waals surface area (Å²) in [5.74, 6) is -0.461. The Morgan fingerprint density at radius 2 is 1.82 bits per heavy atom. The van der Waals surface area contributed by atoms with E-state index in [2.05, 4.69) is 17.2 Å². The summed E-state index contributed by atoms with van der Waals surface area (Å²) in [5.41, 5.74) is 1.43. The molecule has 33 heavy (non-hydrogen) atoms. The van der Waals surface area contributed by atoms with Gasteiger partial charge in [-0.05, 0) is 42.7 Å². The average Bonchev–Trinajstić information content (AvgIpc) is 2.83. The van der Waals surface area contributed by atoms with E-state index in [1.54, 1.807) is 18.2 Å². The highest BCUT2D eigenvalue weighted by Crippen LogP contribution is 2.27. The van der Waals surface area contributed by atoms with Gasteiger partial charge in [-0.15, -0.1) is 0 Å². The zero-order valence-electron chi connectivity index (χ0n) is 19.3. The van der Waals surface area contributed by atoms with E-state index in [1.807, 2.05) is 19.1 Å². The fraction of sp³-hybridized carbons (Fsp3) is 0.360. The van der Waals surface area contributed by atoms with E-state index in [-0.39, 0.29) is 15.8 Å². The molecule has 0 unspecified atom stereocenters. The Labute approximate surface area is 194 Å². The van der Waals surface area contributed by atoms with Crippen molar-refractivity contribution < 1.29 is 13.2 Å². The van der Waals surface area contributed by atoms with Crippen molar-refractivity contribution in [2.75, 3.05) is 17.9 Å². The van der Waals surface area contributed by atoms with Crippen molar-refractivity contribution >= 4 is 32.5 Å². The first-order valence-corrected chi connectivity index (χ1v) is 12.8. The molecule has 0 aliphatic carbocycles. The van der Waals surface area contributed by atoms with Gasteiger partial charge >= 0.3 is 0 Å². The van der Waals surface area contributed by atoms with E-state index in [4.69, 9.17) is 0 Å². The second-order valence-corrected chi connectivity index (χ2v) is 9.98. The van der Waals surface area contributed by atoms with Gasteiger partial charge in [-0.3, -0.25) is 13.9 Å². The molecule has 0 aliphatic heterocycles. The molecule has 7 nitrogen and oxygen atoms in total. The Bertz CT molecular complexity index is 1300. The van der Waals surface area contributed by atoms with Gasteiger partial charge in [0.15, 0.2) is 0 Å². The number of carbonyl (C=O) groups excluding carboxylic acids is 1. The molecular formula is C25H31N3O4S. The van der Waals surface area contributed by atoms with Crippen molar-refractivity contribution in [3.63, 3.8) is 0 Å². The number of aryl methyl sites for hydroxylation is 1. The molecule has 3 aromatic rings. The predicted molar refractivity (Wildman–Crippen MR) is 132 cm³/mol. The van der Waals surface area contributed by atoms with Gasteiger partial charge in [-0.1, -0.05) is 51.3 Å². The van der Waals surface area contributed by atoms with E-state index in [0.29, 0.717) is 24.2 Å². The summed E-state index contributed by atoms with van der Waals surface area (Å²) in [6.07, 6.45) is 6.12. The summed E-state index contributed by atoms with van der Waals surface area (Å²) < 4.78 is 27.9. The van der Waals surface area contributed by atoms with Crippen LogP contribution in [0.25, 0.3) is 10.9 Å². The fourth-order valence-electron chi connectivity index (χ4n) is 3.78. The van der Waals surface area contributed by atoms with Gasteiger partial charge in [0.1, 0.15) is 5.56 Å². The van der Waals surface area contributed by atoms with Crippen molar-refractivity contribution in [2.24, 2.45) is 0 Å². The maximum atomic E-state index is 13.3. The lowest BCUT2D eigenvalue weighted by Crippen LogP contribution is -2.30. The van der Waals surface area contributed by atoms with Crippen LogP contribution >= 0.6 is 0 Å². The smallest absolute Gasteiger partial charge is 0.264 e. The Morgan fingerprint density at radius 1 is 1.06 bits per heavy atom. The lowest BCUT2D eigenvalue weighted by atomic mass is 10.1. The summed E-state index contributed by atoms with van der Waals surface area (Å²) >= 11 is 0. The van der Waals surface area contributed by atoms with E-state index in [0.717, 1.165) is 31.2 Å². The molecule has 0 spiro atoms. The third-order valence-electron chi connectivity index (χ3n) is 5.78. The first-order valence-electron chi connectivity index (χ1n) is 11.3. The molecule has 1 heterocycles. The van der Waals surface area contributed by atoms with E-state index < -0.39 is 21.4 Å². The van der Waals surface area contributed by atoms with Crippen LogP contribution in [0.5, 0.6) is 0 Å². The van der Waals surface area contributed by atoms with Crippen molar-refractivity contribution in [3.8, 4) is 0 Å². The van der Waals surface area contributed by atoms with E-state index in [9.17, 15) is 18.0 Å². The minimum Gasteiger partial charge on any atom is -0.360 e. The Morgan fingerprint density at radius 3 is 2.55 bits per heavy atom. The largest absolute Gasteiger partial charge is 0.360 e. The van der Waals surface area contributed by atoms with Gasteiger partial charge in [-0.25, -0.2) is 8.42 Å². The zero-order chi connectivity index (χ0) is 24.0. The number of nitrogens with zero attached hydrogens (tertiary/aromatic N) is 1. The van der Waals surface area contributed by atoms with Crippen LogP contribution in [0.15, 0.2) is 58.4 Å². The van der Waals surface area contributed by atoms with Crippen LogP contribution in [-0.2, 0) is 16.4 Å². The van der Waals surface area contributed by atoms with Crippen molar-refractivity contribution in [1.29, 1.82) is 0 Å². The lowest BCUT2D eigenvalue weighted by Gasteiger charge is -2.22. The molecule has 0 bridgehead atoms. The second kappa shape index (κ2) is 10.7. The SMILES string of the molecule is CCCCCCNC(=O)c1c[nH]c2ccc(S(=O)(=O)N(C)c3ccccc3CC)cc2c1=O. The summed E-state index contributed by atoms with van der Waals surface area (Å²) in [6.45, 7) is 4.57. The van der Waals surface area contributed by atoms with Crippen LogP contribution in [0.2, 0.25) is 0 Å². The third-order valence-corrected chi connectivity index (χ3v) is 7.55. The predicted octanol–water partition coefficient (Wildman–Crippen LogP) is 4.23. The number of pyridine rings is 1. The van der Waals surface area contributed by atoms with Gasteiger partial charge in [0.2, 0.25) is 5.43 Å². The number of fused-ring (bicyclic) bond motifs is 1. The molecule has 0 atom stereocenters. The number of hydrogen-bond donors (Lipinski definition) is 2. The summed E-state index contributed by atoms with van der Waals surface area (Å²) in [5, 5.41) is 2.93. The number of anilines is 1. The number of unbranched alkanes of at least 4 members (excludes halogenated alkanes) is 3. The van der Waals surface area contributed by atoms with Crippen LogP contribution in [0.3, 0.4) is 0 Å². The van der Waals surface area contributed by atoms with Crippen LogP contribution < -0.4 is 15.1 Å². The number of H-pyrrole nitrogens is 1. The van der Waals surface area contributed by atoms with Gasteiger partial charge < -0.3 is 10.3 Å². The lowest BCUT2D eigenvalue weighted by molar-refractivity contribution is 0.0951. The number of nitrogens with one attached hydrogen (secondary N) is 2. The van der Waals surface area contributed by atoms with Crippen molar-refractivity contribution in [1.82, 2.24) is 10.3 Å². The molecular weight excluding hydrogens is 438 g/mol. The highest BCUT2D eigenvalue weighted by Gasteiger charge is 2.24. The molecule has 3 rings (SSSR count). The summed E-state index contributed by atoms with van der Waals surface area (Å²) in [6, 6.07) is 11.7. The first kappa shape index (κ1) is 24.5. The van der Waals surface area contributed by atoms with Gasteiger partial charge in [0.05, 0.1) is 10.6 Å². The number of amides is 1. The average molecular weight is 470 g/mol. The van der Waals surface area contributed by atoms with E-state index in [1.165, 1.54) is 29.7 Å². The van der Waals surface area contributed by atoms with Crippen molar-refractivity contribution in [2.45, 2.75) is 50.8 Å². The molecule has 1 aromatic heterocycles. The molecule has 2 aromatic carbocycles. The highest BCUT2D eigenvalue weighted by molar-refractivity contribution is 7.92. The monoisotopic (exact) mass is 469 g/mol. The highest BCUT2D eigenvalue weighted by atomic mass is 32.2. The Hall–Kier alpha value is -3.13. The standard InChI is InChI=1S/C25H31N3O4S/c1-4-6-7-10-15-26-25(30)21-17-27-22-14-13-19(16-20(22)24(21)29)33(31,32)28(3)23-12-9-8-11-18(23)5-2/h8-9,11-14,16-17H,4-7,10,15H2,1-3H3,(H,26,30)(H,27,29). The number of aromatic nitrogens is 1. The molecule has 0 radical (unpaired) electrons. The van der Waals surface area contributed by atoms with Gasteiger partial charge in [-0.2, -0.15) is 0 Å². The van der Waals surface area contributed by atoms with Gasteiger partial charge in [0, 0.05) is 30.7 Å². The number of para-hydroxylation sites is 1.